The van der Waals surface area contributed by atoms with Crippen molar-refractivity contribution >= 4 is 5.71 Å². The summed E-state index contributed by atoms with van der Waals surface area (Å²) in [5.74, 6) is 0.758. The summed E-state index contributed by atoms with van der Waals surface area (Å²) in [6.45, 7) is 4.39. The Labute approximate surface area is 111 Å². The van der Waals surface area contributed by atoms with E-state index in [0.29, 0.717) is 0 Å². The first-order valence-electron chi connectivity index (χ1n) is 6.92. The number of nitrogens with zero attached hydrogens (tertiary/aromatic N) is 2. The topological polar surface area (TPSA) is 15.6 Å². The van der Waals surface area contributed by atoms with Crippen LogP contribution < -0.4 is 0 Å². The molecule has 18 heavy (non-hydrogen) atoms. The van der Waals surface area contributed by atoms with Crippen molar-refractivity contribution in [3.63, 3.8) is 0 Å². The van der Waals surface area contributed by atoms with Crippen LogP contribution in [0.3, 0.4) is 0 Å². The predicted molar refractivity (Wildman–Crippen MR) is 78.5 cm³/mol. The number of benzene rings is 1. The van der Waals surface area contributed by atoms with E-state index < -0.39 is 0 Å². The van der Waals surface area contributed by atoms with Crippen molar-refractivity contribution in [2.75, 3.05) is 27.2 Å². The Bertz CT molecular complexity index is 404. The quantitative estimate of drug-likeness (QED) is 0.795. The van der Waals surface area contributed by atoms with E-state index in [4.69, 9.17) is 4.99 Å². The first kappa shape index (κ1) is 13.3. The number of hydrogen-bond donors (Lipinski definition) is 0. The van der Waals surface area contributed by atoms with E-state index in [1.807, 2.05) is 0 Å². The molecule has 0 unspecified atom stereocenters. The highest BCUT2D eigenvalue weighted by Gasteiger charge is 2.12. The molecule has 0 spiro atoms. The smallest absolute Gasteiger partial charge is 0.0420 e. The van der Waals surface area contributed by atoms with Gasteiger partial charge in [-0.1, -0.05) is 31.2 Å². The van der Waals surface area contributed by atoms with Gasteiger partial charge in [0, 0.05) is 18.8 Å². The van der Waals surface area contributed by atoms with E-state index in [1.54, 1.807) is 0 Å². The van der Waals surface area contributed by atoms with Crippen LogP contribution in [0.5, 0.6) is 0 Å². The third kappa shape index (κ3) is 3.67. The van der Waals surface area contributed by atoms with Gasteiger partial charge in [0.2, 0.25) is 0 Å². The van der Waals surface area contributed by atoms with E-state index in [0.717, 1.165) is 31.8 Å². The van der Waals surface area contributed by atoms with Crippen molar-refractivity contribution in [2.24, 2.45) is 10.9 Å². The summed E-state index contributed by atoms with van der Waals surface area (Å²) in [7, 11) is 4.23. The predicted octanol–water partition coefficient (Wildman–Crippen LogP) is 3.01. The fourth-order valence-electron chi connectivity index (χ4n) is 2.27. The number of likely N-dealkylation sites (N-methyl/N-ethyl adjacent to an activating group) is 1. The summed E-state index contributed by atoms with van der Waals surface area (Å²) in [4.78, 5) is 6.92. The normalized spacial score (nSPS) is 20.0. The van der Waals surface area contributed by atoms with Crippen LogP contribution in [0.1, 0.15) is 30.9 Å². The van der Waals surface area contributed by atoms with Crippen LogP contribution in [-0.2, 0) is 6.42 Å². The van der Waals surface area contributed by atoms with Crippen LogP contribution in [0.25, 0.3) is 0 Å². The number of hydrogen-bond acceptors (Lipinski definition) is 2. The van der Waals surface area contributed by atoms with E-state index >= 15 is 0 Å². The highest BCUT2D eigenvalue weighted by Crippen LogP contribution is 2.18. The SMILES string of the molecule is C[C@H]1CCC(c2ccc(CCN(C)C)cc2)=NC1. The van der Waals surface area contributed by atoms with Gasteiger partial charge in [0.15, 0.2) is 0 Å². The van der Waals surface area contributed by atoms with Crippen LogP contribution in [0.4, 0.5) is 0 Å². The molecule has 0 aromatic heterocycles. The van der Waals surface area contributed by atoms with E-state index in [1.165, 1.54) is 23.3 Å². The Morgan fingerprint density at radius 1 is 1.22 bits per heavy atom. The van der Waals surface area contributed by atoms with Crippen molar-refractivity contribution in [3.05, 3.63) is 35.4 Å². The van der Waals surface area contributed by atoms with Crippen LogP contribution in [0.2, 0.25) is 0 Å². The molecule has 0 saturated heterocycles. The summed E-state index contributed by atoms with van der Waals surface area (Å²) in [5, 5.41) is 0. The minimum absolute atomic E-state index is 0.758. The van der Waals surface area contributed by atoms with Crippen molar-refractivity contribution in [3.8, 4) is 0 Å². The monoisotopic (exact) mass is 244 g/mol. The van der Waals surface area contributed by atoms with Gasteiger partial charge in [0.25, 0.3) is 0 Å². The molecule has 1 aliphatic heterocycles. The zero-order chi connectivity index (χ0) is 13.0. The van der Waals surface area contributed by atoms with Gasteiger partial charge < -0.3 is 4.90 Å². The van der Waals surface area contributed by atoms with E-state index in [2.05, 4.69) is 50.2 Å². The Balaban J connectivity index is 1.99. The van der Waals surface area contributed by atoms with Crippen LogP contribution in [-0.4, -0.2) is 37.8 Å². The second-order valence-electron chi connectivity index (χ2n) is 5.68. The third-order valence-electron chi connectivity index (χ3n) is 3.60. The lowest BCUT2D eigenvalue weighted by molar-refractivity contribution is 0.413. The first-order valence-corrected chi connectivity index (χ1v) is 6.92. The molecule has 1 aromatic rings. The van der Waals surface area contributed by atoms with Gasteiger partial charge >= 0.3 is 0 Å². The minimum Gasteiger partial charge on any atom is -0.309 e. The molecule has 0 radical (unpaired) electrons. The summed E-state index contributed by atoms with van der Waals surface area (Å²) in [6, 6.07) is 8.97. The van der Waals surface area contributed by atoms with Crippen molar-refractivity contribution < 1.29 is 0 Å². The molecule has 2 rings (SSSR count). The molecule has 2 nitrogen and oxygen atoms in total. The maximum absolute atomic E-state index is 4.69. The minimum atomic E-state index is 0.758. The van der Waals surface area contributed by atoms with Gasteiger partial charge in [0.05, 0.1) is 0 Å². The largest absolute Gasteiger partial charge is 0.309 e. The molecule has 0 amide bonds. The summed E-state index contributed by atoms with van der Waals surface area (Å²) in [5.41, 5.74) is 4.03. The van der Waals surface area contributed by atoms with Crippen LogP contribution >= 0.6 is 0 Å². The molecule has 1 atom stereocenters. The standard InChI is InChI=1S/C16H24N2/c1-13-4-9-16(17-12-13)15-7-5-14(6-8-15)10-11-18(2)3/h5-8,13H,4,9-12H2,1-3H3/t13-/m0/s1. The highest BCUT2D eigenvalue weighted by molar-refractivity contribution is 6.00. The fourth-order valence-corrected chi connectivity index (χ4v) is 2.27. The van der Waals surface area contributed by atoms with Crippen LogP contribution in [0.15, 0.2) is 29.3 Å². The van der Waals surface area contributed by atoms with E-state index in [-0.39, 0.29) is 0 Å². The van der Waals surface area contributed by atoms with Crippen molar-refractivity contribution in [1.82, 2.24) is 4.90 Å². The second-order valence-corrected chi connectivity index (χ2v) is 5.68. The summed E-state index contributed by atoms with van der Waals surface area (Å²) in [6.07, 6.45) is 3.54. The Morgan fingerprint density at radius 2 is 1.94 bits per heavy atom. The number of aliphatic imine (C=N–C) groups is 1. The van der Waals surface area contributed by atoms with E-state index in [9.17, 15) is 0 Å². The second kappa shape index (κ2) is 6.14. The molecular formula is C16H24N2. The van der Waals surface area contributed by atoms with Gasteiger partial charge in [-0.3, -0.25) is 4.99 Å². The molecule has 98 valence electrons. The molecular weight excluding hydrogens is 220 g/mol. The zero-order valence-corrected chi connectivity index (χ0v) is 11.8. The van der Waals surface area contributed by atoms with Crippen molar-refractivity contribution in [1.29, 1.82) is 0 Å². The van der Waals surface area contributed by atoms with Gasteiger partial charge in [-0.2, -0.15) is 0 Å². The summed E-state index contributed by atoms with van der Waals surface area (Å²) < 4.78 is 0. The molecule has 0 saturated carbocycles. The maximum Gasteiger partial charge on any atom is 0.0420 e. The molecule has 0 aliphatic carbocycles. The van der Waals surface area contributed by atoms with Gasteiger partial charge in [-0.25, -0.2) is 0 Å². The molecule has 1 heterocycles. The van der Waals surface area contributed by atoms with Crippen molar-refractivity contribution in [2.45, 2.75) is 26.2 Å². The van der Waals surface area contributed by atoms with Gasteiger partial charge in [-0.05, 0) is 50.4 Å². The Hall–Kier alpha value is -1.15. The lowest BCUT2D eigenvalue weighted by atomic mass is 9.95. The Morgan fingerprint density at radius 3 is 2.50 bits per heavy atom. The molecule has 1 aromatic carbocycles. The molecule has 2 heteroatoms. The van der Waals surface area contributed by atoms with Gasteiger partial charge in [-0.15, -0.1) is 0 Å². The molecule has 1 aliphatic rings. The fraction of sp³-hybridized carbons (Fsp3) is 0.562. The number of rotatable bonds is 4. The lowest BCUT2D eigenvalue weighted by Crippen LogP contribution is -2.15. The lowest BCUT2D eigenvalue weighted by Gasteiger charge is -2.17. The zero-order valence-electron chi connectivity index (χ0n) is 11.8. The molecule has 0 fully saturated rings. The first-order chi connectivity index (χ1) is 8.65. The highest BCUT2D eigenvalue weighted by atomic mass is 15.0. The third-order valence-corrected chi connectivity index (χ3v) is 3.60. The average molecular weight is 244 g/mol. The maximum atomic E-state index is 4.69. The average Bonchev–Trinajstić information content (AvgIpc) is 2.38. The molecule has 0 bridgehead atoms. The molecule has 0 N–H and O–H groups in total. The van der Waals surface area contributed by atoms with Gasteiger partial charge in [0.1, 0.15) is 0 Å². The van der Waals surface area contributed by atoms with Crippen LogP contribution in [0, 0.1) is 5.92 Å². The Kier molecular flexibility index (Phi) is 4.54. The summed E-state index contributed by atoms with van der Waals surface area (Å²) >= 11 is 0.